The highest BCUT2D eigenvalue weighted by molar-refractivity contribution is 5.76. The first-order chi connectivity index (χ1) is 8.28. The minimum absolute atomic E-state index is 0.529. The molecule has 0 bridgehead atoms. The van der Waals surface area contributed by atoms with Crippen LogP contribution in [0.2, 0.25) is 0 Å². The molecule has 1 aliphatic rings. The Balaban J connectivity index is 2.01. The molecular weight excluding hydrogens is 210 g/mol. The van der Waals surface area contributed by atoms with Crippen LogP contribution in [0.4, 0.5) is 0 Å². The summed E-state index contributed by atoms with van der Waals surface area (Å²) in [7, 11) is 0. The van der Waals surface area contributed by atoms with Gasteiger partial charge in [0.25, 0.3) is 0 Å². The molecule has 2 unspecified atom stereocenters. The van der Waals surface area contributed by atoms with Crippen molar-refractivity contribution in [3.63, 3.8) is 0 Å². The number of hydrogen-bond donors (Lipinski definition) is 2. The summed E-state index contributed by atoms with van der Waals surface area (Å²) in [4.78, 5) is 8.22. The first kappa shape index (κ1) is 10.8. The zero-order chi connectivity index (χ0) is 11.8. The topological polar surface area (TPSA) is 40.7 Å². The maximum absolute atomic E-state index is 4.72. The summed E-state index contributed by atoms with van der Waals surface area (Å²) in [6.45, 7) is 5.52. The van der Waals surface area contributed by atoms with E-state index < -0.39 is 0 Å². The molecule has 3 rings (SSSR count). The van der Waals surface area contributed by atoms with Crippen LogP contribution in [0.1, 0.15) is 37.6 Å². The van der Waals surface area contributed by atoms with Crippen molar-refractivity contribution in [1.29, 1.82) is 0 Å². The van der Waals surface area contributed by atoms with Crippen LogP contribution in [-0.4, -0.2) is 22.6 Å². The molecule has 1 saturated heterocycles. The van der Waals surface area contributed by atoms with E-state index in [1.165, 1.54) is 17.5 Å². The number of aromatic nitrogens is 2. The van der Waals surface area contributed by atoms with E-state index in [2.05, 4.69) is 42.3 Å². The third-order valence-electron chi connectivity index (χ3n) is 3.85. The van der Waals surface area contributed by atoms with E-state index in [-0.39, 0.29) is 0 Å². The van der Waals surface area contributed by atoms with E-state index >= 15 is 0 Å². The lowest BCUT2D eigenvalue weighted by Crippen LogP contribution is -2.22. The van der Waals surface area contributed by atoms with Gasteiger partial charge in [-0.25, -0.2) is 4.98 Å². The van der Waals surface area contributed by atoms with Crippen molar-refractivity contribution in [2.24, 2.45) is 0 Å². The van der Waals surface area contributed by atoms with Crippen molar-refractivity contribution in [2.75, 3.05) is 6.54 Å². The molecule has 0 aliphatic carbocycles. The third kappa shape index (κ3) is 1.84. The number of nitrogens with zero attached hydrogens (tertiary/aromatic N) is 1. The lowest BCUT2D eigenvalue weighted by Gasteiger charge is -2.11. The van der Waals surface area contributed by atoms with Gasteiger partial charge in [0.1, 0.15) is 5.82 Å². The molecule has 1 fully saturated rings. The minimum Gasteiger partial charge on any atom is -0.342 e. The molecule has 1 aromatic carbocycles. The predicted octanol–water partition coefficient (Wildman–Crippen LogP) is 2.59. The normalized spacial score (nSPS) is 24.6. The first-order valence-corrected chi connectivity index (χ1v) is 6.50. The van der Waals surface area contributed by atoms with Gasteiger partial charge in [-0.1, -0.05) is 13.0 Å². The highest BCUT2D eigenvalue weighted by Crippen LogP contribution is 2.27. The summed E-state index contributed by atoms with van der Waals surface area (Å²) < 4.78 is 0. The van der Waals surface area contributed by atoms with Crippen molar-refractivity contribution < 1.29 is 0 Å². The zero-order valence-corrected chi connectivity index (χ0v) is 10.5. The summed E-state index contributed by atoms with van der Waals surface area (Å²) >= 11 is 0. The van der Waals surface area contributed by atoms with Gasteiger partial charge < -0.3 is 10.3 Å². The molecule has 2 atom stereocenters. The average Bonchev–Trinajstić information content (AvgIpc) is 2.93. The number of nitrogens with one attached hydrogen (secondary N) is 2. The number of H-pyrrole nitrogens is 1. The van der Waals surface area contributed by atoms with Crippen LogP contribution in [-0.2, 0) is 6.42 Å². The standard InChI is InChI=1S/C14H19N3/c1-3-10-4-5-12-13(8-10)17-14(16-12)11-6-7-15-9(11)2/h4-5,8-9,11,15H,3,6-7H2,1-2H3,(H,16,17). The second-order valence-corrected chi connectivity index (χ2v) is 4.97. The number of aryl methyl sites for hydroxylation is 1. The molecule has 0 saturated carbocycles. The Morgan fingerprint density at radius 3 is 3.00 bits per heavy atom. The van der Waals surface area contributed by atoms with Gasteiger partial charge >= 0.3 is 0 Å². The Morgan fingerprint density at radius 1 is 1.41 bits per heavy atom. The molecular formula is C14H19N3. The van der Waals surface area contributed by atoms with Gasteiger partial charge in [-0.15, -0.1) is 0 Å². The monoisotopic (exact) mass is 229 g/mol. The zero-order valence-electron chi connectivity index (χ0n) is 10.5. The predicted molar refractivity (Wildman–Crippen MR) is 70.3 cm³/mol. The fraction of sp³-hybridized carbons (Fsp3) is 0.500. The van der Waals surface area contributed by atoms with E-state index in [9.17, 15) is 0 Å². The highest BCUT2D eigenvalue weighted by Gasteiger charge is 2.26. The van der Waals surface area contributed by atoms with Crippen molar-refractivity contribution in [2.45, 2.75) is 38.6 Å². The average molecular weight is 229 g/mol. The second kappa shape index (κ2) is 4.15. The molecule has 1 aromatic heterocycles. The summed E-state index contributed by atoms with van der Waals surface area (Å²) in [5, 5.41) is 3.47. The van der Waals surface area contributed by atoms with Crippen LogP contribution in [0.15, 0.2) is 18.2 Å². The lowest BCUT2D eigenvalue weighted by atomic mass is 10.0. The van der Waals surface area contributed by atoms with Crippen molar-refractivity contribution in [1.82, 2.24) is 15.3 Å². The van der Waals surface area contributed by atoms with Gasteiger partial charge in [-0.05, 0) is 44.0 Å². The Bertz CT molecular complexity index is 529. The third-order valence-corrected chi connectivity index (χ3v) is 3.85. The smallest absolute Gasteiger partial charge is 0.111 e. The molecule has 2 N–H and O–H groups in total. The van der Waals surface area contributed by atoms with E-state index in [0.29, 0.717) is 12.0 Å². The maximum atomic E-state index is 4.72. The highest BCUT2D eigenvalue weighted by atomic mass is 15.0. The summed E-state index contributed by atoms with van der Waals surface area (Å²) in [5.74, 6) is 1.68. The van der Waals surface area contributed by atoms with Crippen molar-refractivity contribution in [3.8, 4) is 0 Å². The number of aromatic amines is 1. The van der Waals surface area contributed by atoms with Gasteiger partial charge in [0.05, 0.1) is 11.0 Å². The Labute approximate surface area is 102 Å². The van der Waals surface area contributed by atoms with Gasteiger partial charge in [0.2, 0.25) is 0 Å². The fourth-order valence-corrected chi connectivity index (χ4v) is 2.70. The summed E-state index contributed by atoms with van der Waals surface area (Å²) in [6.07, 6.45) is 2.26. The molecule has 17 heavy (non-hydrogen) atoms. The molecule has 0 radical (unpaired) electrons. The molecule has 1 aliphatic heterocycles. The number of fused-ring (bicyclic) bond motifs is 1. The van der Waals surface area contributed by atoms with E-state index in [1.807, 2.05) is 0 Å². The first-order valence-electron chi connectivity index (χ1n) is 6.50. The van der Waals surface area contributed by atoms with Gasteiger partial charge in [-0.2, -0.15) is 0 Å². The van der Waals surface area contributed by atoms with Gasteiger partial charge in [0, 0.05) is 12.0 Å². The Kier molecular flexibility index (Phi) is 2.63. The molecule has 0 amide bonds. The van der Waals surface area contributed by atoms with Crippen LogP contribution >= 0.6 is 0 Å². The molecule has 3 heteroatoms. The van der Waals surface area contributed by atoms with Crippen LogP contribution in [0.25, 0.3) is 11.0 Å². The fourth-order valence-electron chi connectivity index (χ4n) is 2.70. The molecule has 0 spiro atoms. The lowest BCUT2D eigenvalue weighted by molar-refractivity contribution is 0.574. The Hall–Kier alpha value is -1.35. The van der Waals surface area contributed by atoms with E-state index in [1.54, 1.807) is 0 Å². The van der Waals surface area contributed by atoms with Gasteiger partial charge in [-0.3, -0.25) is 0 Å². The number of rotatable bonds is 2. The van der Waals surface area contributed by atoms with E-state index in [4.69, 9.17) is 4.98 Å². The van der Waals surface area contributed by atoms with Crippen LogP contribution in [0.3, 0.4) is 0 Å². The second-order valence-electron chi connectivity index (χ2n) is 4.97. The Morgan fingerprint density at radius 2 is 2.29 bits per heavy atom. The number of benzene rings is 1. The van der Waals surface area contributed by atoms with Gasteiger partial charge in [0.15, 0.2) is 0 Å². The number of hydrogen-bond acceptors (Lipinski definition) is 2. The van der Waals surface area contributed by atoms with Crippen molar-refractivity contribution >= 4 is 11.0 Å². The largest absolute Gasteiger partial charge is 0.342 e. The summed E-state index contributed by atoms with van der Waals surface area (Å²) in [6, 6.07) is 7.05. The molecule has 2 heterocycles. The molecule has 3 nitrogen and oxygen atoms in total. The van der Waals surface area contributed by atoms with Crippen LogP contribution < -0.4 is 5.32 Å². The van der Waals surface area contributed by atoms with Crippen LogP contribution in [0.5, 0.6) is 0 Å². The minimum atomic E-state index is 0.529. The SMILES string of the molecule is CCc1ccc2nc(C3CCNC3C)[nH]c2c1. The molecule has 2 aromatic rings. The maximum Gasteiger partial charge on any atom is 0.111 e. The van der Waals surface area contributed by atoms with E-state index in [0.717, 1.165) is 24.3 Å². The number of imidazole rings is 1. The van der Waals surface area contributed by atoms with Crippen LogP contribution in [0, 0.1) is 0 Å². The molecule has 90 valence electrons. The van der Waals surface area contributed by atoms with Crippen molar-refractivity contribution in [3.05, 3.63) is 29.6 Å². The quantitative estimate of drug-likeness (QED) is 0.831. The summed E-state index contributed by atoms with van der Waals surface area (Å²) in [5.41, 5.74) is 3.64.